The second-order valence-electron chi connectivity index (χ2n) is 2.75. The molecule has 1 aromatic rings. The molecule has 2 N–H and O–H groups in total. The number of ether oxygens (including phenoxy) is 1. The fourth-order valence-corrected chi connectivity index (χ4v) is 1.70. The minimum atomic E-state index is 0.718. The minimum absolute atomic E-state index is 0.718. The van der Waals surface area contributed by atoms with Crippen molar-refractivity contribution >= 4 is 21.6 Å². The summed E-state index contributed by atoms with van der Waals surface area (Å²) in [5.74, 6) is 0.826. The van der Waals surface area contributed by atoms with Crippen LogP contribution in [0.15, 0.2) is 10.5 Å². The minimum Gasteiger partial charge on any atom is -0.495 e. The van der Waals surface area contributed by atoms with E-state index < -0.39 is 0 Å². The molecular formula is C9H12BrNO. The van der Waals surface area contributed by atoms with Crippen molar-refractivity contribution in [2.45, 2.75) is 13.8 Å². The Kier molecular flexibility index (Phi) is 2.62. The molecule has 0 aliphatic rings. The number of nitrogen functional groups attached to an aromatic ring is 1. The van der Waals surface area contributed by atoms with E-state index in [1.54, 1.807) is 7.11 Å². The topological polar surface area (TPSA) is 35.2 Å². The predicted octanol–water partition coefficient (Wildman–Crippen LogP) is 2.66. The van der Waals surface area contributed by atoms with E-state index in [0.717, 1.165) is 27.0 Å². The van der Waals surface area contributed by atoms with Crippen molar-refractivity contribution in [1.82, 2.24) is 0 Å². The largest absolute Gasteiger partial charge is 0.495 e. The summed E-state index contributed by atoms with van der Waals surface area (Å²) in [5.41, 5.74) is 8.73. The highest BCUT2D eigenvalue weighted by Crippen LogP contribution is 2.35. The van der Waals surface area contributed by atoms with Crippen molar-refractivity contribution in [3.63, 3.8) is 0 Å². The maximum Gasteiger partial charge on any atom is 0.138 e. The third-order valence-electron chi connectivity index (χ3n) is 1.96. The number of hydrogen-bond acceptors (Lipinski definition) is 2. The Morgan fingerprint density at radius 2 is 2.00 bits per heavy atom. The van der Waals surface area contributed by atoms with Gasteiger partial charge in [-0.05, 0) is 47.0 Å². The fraction of sp³-hybridized carbons (Fsp3) is 0.333. The van der Waals surface area contributed by atoms with Crippen LogP contribution in [0, 0.1) is 13.8 Å². The van der Waals surface area contributed by atoms with Crippen molar-refractivity contribution < 1.29 is 4.74 Å². The van der Waals surface area contributed by atoms with E-state index in [1.165, 1.54) is 0 Å². The van der Waals surface area contributed by atoms with Crippen molar-refractivity contribution in [2.24, 2.45) is 0 Å². The van der Waals surface area contributed by atoms with Gasteiger partial charge in [0.25, 0.3) is 0 Å². The zero-order valence-corrected chi connectivity index (χ0v) is 9.03. The van der Waals surface area contributed by atoms with E-state index in [9.17, 15) is 0 Å². The number of aryl methyl sites for hydroxylation is 1. The molecule has 0 aliphatic carbocycles. The molecular weight excluding hydrogens is 218 g/mol. The van der Waals surface area contributed by atoms with Crippen molar-refractivity contribution in [3.8, 4) is 5.75 Å². The fourth-order valence-electron chi connectivity index (χ4n) is 1.12. The molecule has 1 aromatic carbocycles. The molecule has 12 heavy (non-hydrogen) atoms. The predicted molar refractivity (Wildman–Crippen MR) is 54.6 cm³/mol. The van der Waals surface area contributed by atoms with Gasteiger partial charge in [-0.25, -0.2) is 0 Å². The highest BCUT2D eigenvalue weighted by Gasteiger charge is 2.09. The molecule has 0 spiro atoms. The van der Waals surface area contributed by atoms with Gasteiger partial charge in [0.1, 0.15) is 5.75 Å². The van der Waals surface area contributed by atoms with Gasteiger partial charge in [-0.1, -0.05) is 0 Å². The molecule has 0 heterocycles. The molecule has 0 radical (unpaired) electrons. The lowest BCUT2D eigenvalue weighted by Crippen LogP contribution is -1.96. The van der Waals surface area contributed by atoms with Gasteiger partial charge in [-0.2, -0.15) is 0 Å². The van der Waals surface area contributed by atoms with Gasteiger partial charge in [0.05, 0.1) is 11.6 Å². The van der Waals surface area contributed by atoms with Crippen LogP contribution in [-0.2, 0) is 0 Å². The van der Waals surface area contributed by atoms with Crippen LogP contribution in [0.2, 0.25) is 0 Å². The SMILES string of the molecule is COc1c(C)c(C)cc(N)c1Br. The van der Waals surface area contributed by atoms with Crippen LogP contribution in [0.25, 0.3) is 0 Å². The molecule has 0 atom stereocenters. The normalized spacial score (nSPS) is 10.0. The molecule has 0 bridgehead atoms. The standard InChI is InChI=1S/C9H12BrNO/c1-5-4-7(11)8(10)9(12-3)6(5)2/h4H,11H2,1-3H3. The van der Waals surface area contributed by atoms with E-state index in [2.05, 4.69) is 15.9 Å². The lowest BCUT2D eigenvalue weighted by Gasteiger charge is -2.11. The van der Waals surface area contributed by atoms with E-state index in [-0.39, 0.29) is 0 Å². The Bertz CT molecular complexity index is 284. The second kappa shape index (κ2) is 3.35. The maximum absolute atomic E-state index is 5.74. The molecule has 0 amide bonds. The van der Waals surface area contributed by atoms with E-state index >= 15 is 0 Å². The molecule has 0 unspecified atom stereocenters. The summed E-state index contributed by atoms with van der Waals surface area (Å²) in [5, 5.41) is 0. The first-order valence-electron chi connectivity index (χ1n) is 3.67. The number of halogens is 1. The van der Waals surface area contributed by atoms with Crippen LogP contribution in [0.5, 0.6) is 5.75 Å². The third-order valence-corrected chi connectivity index (χ3v) is 2.78. The van der Waals surface area contributed by atoms with Crippen LogP contribution >= 0.6 is 15.9 Å². The van der Waals surface area contributed by atoms with Gasteiger partial charge in [0, 0.05) is 5.69 Å². The van der Waals surface area contributed by atoms with Crippen LogP contribution in [0.3, 0.4) is 0 Å². The molecule has 1 rings (SSSR count). The summed E-state index contributed by atoms with van der Waals surface area (Å²) in [6.45, 7) is 4.03. The van der Waals surface area contributed by atoms with Gasteiger partial charge in [0.2, 0.25) is 0 Å². The summed E-state index contributed by atoms with van der Waals surface area (Å²) in [4.78, 5) is 0. The van der Waals surface area contributed by atoms with Crippen molar-refractivity contribution in [1.29, 1.82) is 0 Å². The lowest BCUT2D eigenvalue weighted by atomic mass is 10.1. The molecule has 0 aromatic heterocycles. The molecule has 2 nitrogen and oxygen atoms in total. The number of nitrogens with two attached hydrogens (primary N) is 1. The molecule has 0 aliphatic heterocycles. The van der Waals surface area contributed by atoms with Crippen LogP contribution in [-0.4, -0.2) is 7.11 Å². The summed E-state index contributed by atoms with van der Waals surface area (Å²) in [7, 11) is 1.64. The third kappa shape index (κ3) is 1.41. The number of methoxy groups -OCH3 is 1. The highest BCUT2D eigenvalue weighted by molar-refractivity contribution is 9.10. The van der Waals surface area contributed by atoms with Crippen LogP contribution < -0.4 is 10.5 Å². The molecule has 0 fully saturated rings. The number of anilines is 1. The zero-order chi connectivity index (χ0) is 9.30. The van der Waals surface area contributed by atoms with Gasteiger partial charge in [-0.3, -0.25) is 0 Å². The zero-order valence-electron chi connectivity index (χ0n) is 7.44. The quantitative estimate of drug-likeness (QED) is 0.752. The van der Waals surface area contributed by atoms with E-state index in [0.29, 0.717) is 0 Å². The smallest absolute Gasteiger partial charge is 0.138 e. The van der Waals surface area contributed by atoms with E-state index in [1.807, 2.05) is 19.9 Å². The molecule has 3 heteroatoms. The Morgan fingerprint density at radius 1 is 1.42 bits per heavy atom. The Labute approximate surface area is 80.8 Å². The van der Waals surface area contributed by atoms with E-state index in [4.69, 9.17) is 10.5 Å². The Morgan fingerprint density at radius 3 is 2.50 bits per heavy atom. The van der Waals surface area contributed by atoms with Crippen molar-refractivity contribution in [3.05, 3.63) is 21.7 Å². The van der Waals surface area contributed by atoms with Gasteiger partial charge in [-0.15, -0.1) is 0 Å². The van der Waals surface area contributed by atoms with Gasteiger partial charge < -0.3 is 10.5 Å². The molecule has 0 saturated heterocycles. The summed E-state index contributed by atoms with van der Waals surface area (Å²) < 4.78 is 6.05. The summed E-state index contributed by atoms with van der Waals surface area (Å²) >= 11 is 3.38. The monoisotopic (exact) mass is 229 g/mol. The van der Waals surface area contributed by atoms with Gasteiger partial charge >= 0.3 is 0 Å². The maximum atomic E-state index is 5.74. The van der Waals surface area contributed by atoms with Gasteiger partial charge in [0.15, 0.2) is 0 Å². The first-order chi connectivity index (χ1) is 5.57. The number of benzene rings is 1. The van der Waals surface area contributed by atoms with Crippen LogP contribution in [0.1, 0.15) is 11.1 Å². The number of hydrogen-bond donors (Lipinski definition) is 1. The Balaban J connectivity index is 3.42. The van der Waals surface area contributed by atoms with Crippen molar-refractivity contribution in [2.75, 3.05) is 12.8 Å². The first-order valence-corrected chi connectivity index (χ1v) is 4.46. The summed E-state index contributed by atoms with van der Waals surface area (Å²) in [6, 6.07) is 1.93. The highest BCUT2D eigenvalue weighted by atomic mass is 79.9. The first kappa shape index (κ1) is 9.39. The second-order valence-corrected chi connectivity index (χ2v) is 3.55. The Hall–Kier alpha value is -0.700. The summed E-state index contributed by atoms with van der Waals surface area (Å²) in [6.07, 6.45) is 0. The van der Waals surface area contributed by atoms with Crippen LogP contribution in [0.4, 0.5) is 5.69 Å². The lowest BCUT2D eigenvalue weighted by molar-refractivity contribution is 0.409. The average Bonchev–Trinajstić information content (AvgIpc) is 2.02. The molecule has 66 valence electrons. The number of rotatable bonds is 1. The molecule has 0 saturated carbocycles. The average molecular weight is 230 g/mol.